The minimum Gasteiger partial charge on any atom is -0.379 e. The SMILES string of the molecule is CC[C@@](C)(CNC(=O)N[C@@H](C)c1ccc(SC)cc1)N1CCOCC1. The highest BCUT2D eigenvalue weighted by atomic mass is 32.2. The molecule has 0 aliphatic carbocycles. The Hall–Kier alpha value is -1.24. The van der Waals surface area contributed by atoms with E-state index in [2.05, 4.69) is 59.9 Å². The number of urea groups is 1. The first kappa shape index (κ1) is 20.1. The summed E-state index contributed by atoms with van der Waals surface area (Å²) in [7, 11) is 0. The van der Waals surface area contributed by atoms with Gasteiger partial charge in [0, 0.05) is 30.1 Å². The molecule has 1 aliphatic heterocycles. The van der Waals surface area contributed by atoms with Gasteiger partial charge in [-0.15, -0.1) is 11.8 Å². The molecular weight excluding hydrogens is 334 g/mol. The Morgan fingerprint density at radius 1 is 1.32 bits per heavy atom. The third-order valence-electron chi connectivity index (χ3n) is 5.13. The molecule has 1 heterocycles. The largest absolute Gasteiger partial charge is 0.379 e. The lowest BCUT2D eigenvalue weighted by Crippen LogP contribution is -2.57. The monoisotopic (exact) mass is 365 g/mol. The highest BCUT2D eigenvalue weighted by molar-refractivity contribution is 7.98. The molecule has 1 aliphatic rings. The molecule has 0 saturated carbocycles. The third kappa shape index (κ3) is 5.62. The predicted octanol–water partition coefficient (Wildman–Crippen LogP) is 3.27. The summed E-state index contributed by atoms with van der Waals surface area (Å²) in [4.78, 5) is 16.0. The van der Waals surface area contributed by atoms with Crippen molar-refractivity contribution in [3.8, 4) is 0 Å². The van der Waals surface area contributed by atoms with E-state index in [-0.39, 0.29) is 17.6 Å². The number of ether oxygens (including phenoxy) is 1. The molecule has 1 aromatic carbocycles. The molecule has 140 valence electrons. The Morgan fingerprint density at radius 2 is 1.96 bits per heavy atom. The fourth-order valence-electron chi connectivity index (χ4n) is 3.06. The van der Waals surface area contributed by atoms with Crippen molar-refractivity contribution in [3.63, 3.8) is 0 Å². The number of rotatable bonds is 7. The first-order valence-corrected chi connectivity index (χ1v) is 10.2. The molecule has 2 amide bonds. The molecular formula is C19H31N3O2S. The van der Waals surface area contributed by atoms with Crippen molar-refractivity contribution in [2.45, 2.75) is 43.7 Å². The van der Waals surface area contributed by atoms with Crippen LogP contribution in [0.25, 0.3) is 0 Å². The van der Waals surface area contributed by atoms with Gasteiger partial charge in [-0.1, -0.05) is 19.1 Å². The molecule has 2 atom stereocenters. The quantitative estimate of drug-likeness (QED) is 0.728. The van der Waals surface area contributed by atoms with E-state index in [1.54, 1.807) is 11.8 Å². The molecule has 0 radical (unpaired) electrons. The van der Waals surface area contributed by atoms with Gasteiger partial charge in [0.15, 0.2) is 0 Å². The van der Waals surface area contributed by atoms with E-state index in [9.17, 15) is 4.79 Å². The summed E-state index contributed by atoms with van der Waals surface area (Å²) in [6.07, 6.45) is 3.04. The first-order valence-electron chi connectivity index (χ1n) is 8.99. The smallest absolute Gasteiger partial charge is 0.315 e. The Morgan fingerprint density at radius 3 is 2.52 bits per heavy atom. The number of hydrogen-bond acceptors (Lipinski definition) is 4. The van der Waals surface area contributed by atoms with E-state index in [0.717, 1.165) is 38.3 Å². The van der Waals surface area contributed by atoms with Gasteiger partial charge in [0.2, 0.25) is 0 Å². The number of benzene rings is 1. The standard InChI is InChI=1S/C19H31N3O2S/c1-5-19(3,22-10-12-24-13-11-22)14-20-18(23)21-15(2)16-6-8-17(25-4)9-7-16/h6-9,15H,5,10-14H2,1-4H3,(H2,20,21,23)/t15-,19-/m0/s1. The number of amides is 2. The summed E-state index contributed by atoms with van der Waals surface area (Å²) in [5, 5.41) is 6.09. The molecule has 0 unspecified atom stereocenters. The Kier molecular flexibility index (Phi) is 7.59. The van der Waals surface area contributed by atoms with Gasteiger partial charge >= 0.3 is 6.03 Å². The molecule has 0 spiro atoms. The summed E-state index contributed by atoms with van der Waals surface area (Å²) >= 11 is 1.72. The van der Waals surface area contributed by atoms with Crippen LogP contribution in [0.2, 0.25) is 0 Å². The van der Waals surface area contributed by atoms with Gasteiger partial charge in [-0.25, -0.2) is 4.79 Å². The van der Waals surface area contributed by atoms with Crippen molar-refractivity contribution >= 4 is 17.8 Å². The van der Waals surface area contributed by atoms with E-state index in [1.807, 2.05) is 6.92 Å². The molecule has 25 heavy (non-hydrogen) atoms. The van der Waals surface area contributed by atoms with Crippen LogP contribution in [0.3, 0.4) is 0 Å². The fraction of sp³-hybridized carbons (Fsp3) is 0.632. The second-order valence-electron chi connectivity index (χ2n) is 6.77. The van der Waals surface area contributed by atoms with Gasteiger partial charge in [-0.3, -0.25) is 4.90 Å². The predicted molar refractivity (Wildman–Crippen MR) is 104 cm³/mol. The van der Waals surface area contributed by atoms with Gasteiger partial charge in [0.1, 0.15) is 0 Å². The van der Waals surface area contributed by atoms with Crippen LogP contribution in [0, 0.1) is 0 Å². The molecule has 1 aromatic rings. The van der Waals surface area contributed by atoms with E-state index in [1.165, 1.54) is 4.90 Å². The van der Waals surface area contributed by atoms with Gasteiger partial charge in [-0.05, 0) is 44.2 Å². The molecule has 2 N–H and O–H groups in total. The van der Waals surface area contributed by atoms with Crippen LogP contribution in [0.5, 0.6) is 0 Å². The van der Waals surface area contributed by atoms with Crippen LogP contribution in [-0.2, 0) is 4.74 Å². The number of thioether (sulfide) groups is 1. The maximum atomic E-state index is 12.3. The second-order valence-corrected chi connectivity index (χ2v) is 7.65. The first-order chi connectivity index (χ1) is 12.0. The van der Waals surface area contributed by atoms with Gasteiger partial charge in [0.05, 0.1) is 19.3 Å². The molecule has 0 aromatic heterocycles. The van der Waals surface area contributed by atoms with Crippen molar-refractivity contribution < 1.29 is 9.53 Å². The lowest BCUT2D eigenvalue weighted by Gasteiger charge is -2.43. The molecule has 1 fully saturated rings. The number of carbonyl (C=O) groups is 1. The van der Waals surface area contributed by atoms with Gasteiger partial charge < -0.3 is 15.4 Å². The summed E-state index contributed by atoms with van der Waals surface area (Å²) in [5.41, 5.74) is 1.07. The summed E-state index contributed by atoms with van der Waals surface area (Å²) < 4.78 is 5.44. The molecule has 0 bridgehead atoms. The van der Waals surface area contributed by atoms with Crippen LogP contribution in [0.4, 0.5) is 4.79 Å². The van der Waals surface area contributed by atoms with Crippen molar-refractivity contribution in [2.75, 3.05) is 39.1 Å². The number of hydrogen-bond donors (Lipinski definition) is 2. The minimum absolute atomic E-state index is 0.0211. The number of morpholine rings is 1. The average Bonchev–Trinajstić information content (AvgIpc) is 2.66. The van der Waals surface area contributed by atoms with Gasteiger partial charge in [0.25, 0.3) is 0 Å². The Bertz CT molecular complexity index is 546. The fourth-order valence-corrected chi connectivity index (χ4v) is 3.47. The van der Waals surface area contributed by atoms with Crippen LogP contribution in [0.15, 0.2) is 29.2 Å². The second kappa shape index (κ2) is 9.46. The van der Waals surface area contributed by atoms with Crippen molar-refractivity contribution in [2.24, 2.45) is 0 Å². The highest BCUT2D eigenvalue weighted by Crippen LogP contribution is 2.21. The maximum Gasteiger partial charge on any atom is 0.315 e. The lowest BCUT2D eigenvalue weighted by atomic mass is 9.95. The summed E-state index contributed by atoms with van der Waals surface area (Å²) in [6, 6.07) is 8.17. The van der Waals surface area contributed by atoms with E-state index in [0.29, 0.717) is 6.54 Å². The van der Waals surface area contributed by atoms with Crippen LogP contribution in [-0.4, -0.2) is 55.6 Å². The zero-order chi connectivity index (χ0) is 18.3. The molecule has 2 rings (SSSR count). The minimum atomic E-state index is -0.116. The third-order valence-corrected chi connectivity index (χ3v) is 5.87. The average molecular weight is 366 g/mol. The Labute approximate surface area is 155 Å². The van der Waals surface area contributed by atoms with Crippen molar-refractivity contribution in [1.29, 1.82) is 0 Å². The molecule has 5 nitrogen and oxygen atoms in total. The topological polar surface area (TPSA) is 53.6 Å². The Balaban J connectivity index is 1.85. The maximum absolute atomic E-state index is 12.3. The normalized spacial score (nSPS) is 19.0. The van der Waals surface area contributed by atoms with Gasteiger partial charge in [-0.2, -0.15) is 0 Å². The summed E-state index contributed by atoms with van der Waals surface area (Å²) in [5.74, 6) is 0. The van der Waals surface area contributed by atoms with Crippen LogP contribution >= 0.6 is 11.8 Å². The van der Waals surface area contributed by atoms with E-state index < -0.39 is 0 Å². The zero-order valence-electron chi connectivity index (χ0n) is 15.8. The molecule has 1 saturated heterocycles. The number of nitrogens with zero attached hydrogens (tertiary/aromatic N) is 1. The van der Waals surface area contributed by atoms with Crippen LogP contribution < -0.4 is 10.6 Å². The highest BCUT2D eigenvalue weighted by Gasteiger charge is 2.31. The van der Waals surface area contributed by atoms with Crippen molar-refractivity contribution in [3.05, 3.63) is 29.8 Å². The lowest BCUT2D eigenvalue weighted by molar-refractivity contribution is -0.0165. The zero-order valence-corrected chi connectivity index (χ0v) is 16.6. The number of carbonyl (C=O) groups excluding carboxylic acids is 1. The van der Waals surface area contributed by atoms with E-state index >= 15 is 0 Å². The molecule has 6 heteroatoms. The van der Waals surface area contributed by atoms with Crippen molar-refractivity contribution in [1.82, 2.24) is 15.5 Å². The number of nitrogens with one attached hydrogen (secondary N) is 2. The van der Waals surface area contributed by atoms with Crippen LogP contribution in [0.1, 0.15) is 38.8 Å². The van der Waals surface area contributed by atoms with E-state index in [4.69, 9.17) is 4.74 Å². The summed E-state index contributed by atoms with van der Waals surface area (Å²) in [6.45, 7) is 10.4.